The molecule has 1 saturated heterocycles. The van der Waals surface area contributed by atoms with Gasteiger partial charge >= 0.3 is 0 Å². The molecule has 3 heteroatoms. The number of rotatable bonds is 1. The molecule has 0 radical (unpaired) electrons. The van der Waals surface area contributed by atoms with Crippen LogP contribution in [-0.2, 0) is 0 Å². The second-order valence-electron chi connectivity index (χ2n) is 6.04. The first-order valence-corrected chi connectivity index (χ1v) is 7.37. The fraction of sp³-hybridized carbons (Fsp3) is 0.412. The van der Waals surface area contributed by atoms with E-state index < -0.39 is 0 Å². The Morgan fingerprint density at radius 1 is 1.05 bits per heavy atom. The lowest BCUT2D eigenvalue weighted by atomic mass is 9.82. The number of nitrogens with zero attached hydrogens (tertiary/aromatic N) is 2. The van der Waals surface area contributed by atoms with Crippen molar-refractivity contribution in [1.29, 1.82) is 0 Å². The van der Waals surface area contributed by atoms with Crippen molar-refractivity contribution < 1.29 is 4.74 Å². The van der Waals surface area contributed by atoms with Gasteiger partial charge in [-0.25, -0.2) is 0 Å². The fourth-order valence-electron chi connectivity index (χ4n) is 3.68. The summed E-state index contributed by atoms with van der Waals surface area (Å²) in [6.45, 7) is 2.21. The van der Waals surface area contributed by atoms with Crippen molar-refractivity contribution in [2.45, 2.75) is 24.5 Å². The maximum atomic E-state index is 6.47. The fourth-order valence-corrected chi connectivity index (χ4v) is 3.68. The summed E-state index contributed by atoms with van der Waals surface area (Å²) in [5.74, 6) is 1.07. The smallest absolute Gasteiger partial charge is 0.136 e. The topological polar surface area (TPSA) is 17.4 Å². The lowest BCUT2D eigenvalue weighted by Crippen LogP contribution is -2.49. The molecule has 0 aliphatic carbocycles. The molecule has 0 bridgehead atoms. The van der Waals surface area contributed by atoms with Crippen LogP contribution in [0.4, 0.5) is 0 Å². The van der Waals surface area contributed by atoms with Crippen molar-refractivity contribution in [3.63, 3.8) is 0 Å². The number of para-hydroxylation sites is 1. The first-order valence-electron chi connectivity index (χ1n) is 7.37. The highest BCUT2D eigenvalue weighted by Gasteiger charge is 2.50. The number of hydrogen-bond donors (Lipinski definition) is 0. The van der Waals surface area contributed by atoms with E-state index in [9.17, 15) is 0 Å². The Morgan fingerprint density at radius 3 is 2.50 bits per heavy atom. The molecule has 1 spiro atoms. The highest BCUT2D eigenvalue weighted by molar-refractivity contribution is 5.43. The van der Waals surface area contributed by atoms with Gasteiger partial charge in [0, 0.05) is 43.9 Å². The standard InChI is InChI=1S/C17H20N2O/c1-18-12-8-17(9-13-18)16(19-10-4-5-11-19)14-6-2-3-7-15(14)20-17/h2-7,10-11,16H,8-9,12-13H2,1H3/t16-/m1/s1. The van der Waals surface area contributed by atoms with Gasteiger partial charge in [-0.15, -0.1) is 0 Å². The third kappa shape index (κ3) is 1.70. The van der Waals surface area contributed by atoms with Crippen LogP contribution < -0.4 is 4.74 Å². The Balaban J connectivity index is 1.80. The van der Waals surface area contributed by atoms with E-state index in [1.54, 1.807) is 0 Å². The third-order valence-electron chi connectivity index (χ3n) is 4.78. The molecule has 3 heterocycles. The molecule has 2 aliphatic heterocycles. The molecule has 4 rings (SSSR count). The molecular formula is C17H20N2O. The maximum absolute atomic E-state index is 6.47. The van der Waals surface area contributed by atoms with Gasteiger partial charge in [0.1, 0.15) is 17.4 Å². The van der Waals surface area contributed by atoms with E-state index in [0.29, 0.717) is 6.04 Å². The Hall–Kier alpha value is -1.74. The zero-order valence-electron chi connectivity index (χ0n) is 11.8. The number of piperidine rings is 1. The zero-order chi connectivity index (χ0) is 13.6. The summed E-state index contributed by atoms with van der Waals surface area (Å²) in [4.78, 5) is 2.39. The van der Waals surface area contributed by atoms with Crippen LogP contribution >= 0.6 is 0 Å². The minimum Gasteiger partial charge on any atom is -0.484 e. The molecule has 1 aromatic carbocycles. The summed E-state index contributed by atoms with van der Waals surface area (Å²) in [5, 5.41) is 0. The summed E-state index contributed by atoms with van der Waals surface area (Å²) >= 11 is 0. The third-order valence-corrected chi connectivity index (χ3v) is 4.78. The van der Waals surface area contributed by atoms with Crippen LogP contribution in [0.15, 0.2) is 48.8 Å². The molecular weight excluding hydrogens is 248 g/mol. The molecule has 2 aliphatic rings. The van der Waals surface area contributed by atoms with Gasteiger partial charge in [-0.05, 0) is 25.2 Å². The summed E-state index contributed by atoms with van der Waals surface area (Å²) in [6, 6.07) is 13.0. The zero-order valence-corrected chi connectivity index (χ0v) is 11.8. The average molecular weight is 268 g/mol. The molecule has 0 amide bonds. The van der Waals surface area contributed by atoms with E-state index in [0.717, 1.165) is 31.7 Å². The Bertz CT molecular complexity index is 597. The normalized spacial score (nSPS) is 24.6. The molecule has 1 atom stereocenters. The molecule has 0 saturated carbocycles. The number of benzene rings is 1. The predicted octanol–water partition coefficient (Wildman–Crippen LogP) is 2.93. The maximum Gasteiger partial charge on any atom is 0.136 e. The van der Waals surface area contributed by atoms with E-state index in [2.05, 4.69) is 65.3 Å². The summed E-state index contributed by atoms with van der Waals surface area (Å²) in [6.07, 6.45) is 6.49. The largest absolute Gasteiger partial charge is 0.484 e. The number of ether oxygens (including phenoxy) is 1. The second-order valence-corrected chi connectivity index (χ2v) is 6.04. The van der Waals surface area contributed by atoms with Crippen molar-refractivity contribution >= 4 is 0 Å². The van der Waals surface area contributed by atoms with E-state index in [-0.39, 0.29) is 5.60 Å². The van der Waals surface area contributed by atoms with Crippen molar-refractivity contribution in [2.24, 2.45) is 0 Å². The van der Waals surface area contributed by atoms with Gasteiger partial charge in [0.15, 0.2) is 0 Å². The second kappa shape index (κ2) is 4.38. The van der Waals surface area contributed by atoms with Crippen LogP contribution in [0.5, 0.6) is 5.75 Å². The highest BCUT2D eigenvalue weighted by atomic mass is 16.5. The van der Waals surface area contributed by atoms with Crippen molar-refractivity contribution in [3.8, 4) is 5.75 Å². The Morgan fingerprint density at radius 2 is 1.75 bits per heavy atom. The van der Waals surface area contributed by atoms with E-state index >= 15 is 0 Å². The molecule has 2 aromatic rings. The SMILES string of the molecule is CN1CCC2(CC1)Oc1ccccc1[C@H]2n1cccc1. The molecule has 1 fully saturated rings. The quantitative estimate of drug-likeness (QED) is 0.791. The minimum atomic E-state index is -0.0742. The van der Waals surface area contributed by atoms with E-state index in [4.69, 9.17) is 4.74 Å². The molecule has 104 valence electrons. The van der Waals surface area contributed by atoms with Crippen LogP contribution in [0.25, 0.3) is 0 Å². The number of aromatic nitrogens is 1. The van der Waals surface area contributed by atoms with Crippen LogP contribution in [0.2, 0.25) is 0 Å². The van der Waals surface area contributed by atoms with Crippen LogP contribution in [0, 0.1) is 0 Å². The monoisotopic (exact) mass is 268 g/mol. The van der Waals surface area contributed by atoms with Gasteiger partial charge < -0.3 is 14.2 Å². The predicted molar refractivity (Wildman–Crippen MR) is 79.1 cm³/mol. The molecule has 0 unspecified atom stereocenters. The summed E-state index contributed by atoms with van der Waals surface area (Å²) in [5.41, 5.74) is 1.25. The number of fused-ring (bicyclic) bond motifs is 1. The van der Waals surface area contributed by atoms with Gasteiger partial charge in [-0.3, -0.25) is 0 Å². The van der Waals surface area contributed by atoms with Gasteiger partial charge in [0.2, 0.25) is 0 Å². The molecule has 20 heavy (non-hydrogen) atoms. The van der Waals surface area contributed by atoms with Crippen molar-refractivity contribution in [1.82, 2.24) is 9.47 Å². The lowest BCUT2D eigenvalue weighted by Gasteiger charge is -2.41. The number of hydrogen-bond acceptors (Lipinski definition) is 2. The van der Waals surface area contributed by atoms with Gasteiger partial charge in [0.05, 0.1) is 0 Å². The van der Waals surface area contributed by atoms with Crippen molar-refractivity contribution in [2.75, 3.05) is 20.1 Å². The first kappa shape index (κ1) is 12.0. The Labute approximate surface area is 119 Å². The summed E-state index contributed by atoms with van der Waals surface area (Å²) in [7, 11) is 2.19. The van der Waals surface area contributed by atoms with Gasteiger partial charge in [0.25, 0.3) is 0 Å². The van der Waals surface area contributed by atoms with Gasteiger partial charge in [-0.1, -0.05) is 18.2 Å². The molecule has 3 nitrogen and oxygen atoms in total. The van der Waals surface area contributed by atoms with Crippen molar-refractivity contribution in [3.05, 3.63) is 54.4 Å². The van der Waals surface area contributed by atoms with E-state index in [1.807, 2.05) is 0 Å². The van der Waals surface area contributed by atoms with Crippen LogP contribution in [-0.4, -0.2) is 35.2 Å². The first-order chi connectivity index (χ1) is 9.78. The van der Waals surface area contributed by atoms with E-state index in [1.165, 1.54) is 5.56 Å². The summed E-state index contributed by atoms with van der Waals surface area (Å²) < 4.78 is 8.79. The molecule has 0 N–H and O–H groups in total. The van der Waals surface area contributed by atoms with Gasteiger partial charge in [-0.2, -0.15) is 0 Å². The average Bonchev–Trinajstić information content (AvgIpc) is 3.07. The number of likely N-dealkylation sites (tertiary alicyclic amines) is 1. The molecule has 1 aromatic heterocycles. The van der Waals surface area contributed by atoms with Crippen LogP contribution in [0.3, 0.4) is 0 Å². The highest BCUT2D eigenvalue weighted by Crippen LogP contribution is 2.50. The minimum absolute atomic E-state index is 0.0742. The van der Waals surface area contributed by atoms with Crippen LogP contribution in [0.1, 0.15) is 24.4 Å². The Kier molecular flexibility index (Phi) is 2.64. The lowest BCUT2D eigenvalue weighted by molar-refractivity contribution is -0.000792.